The molecule has 0 fully saturated rings. The molecule has 0 aromatic carbocycles. The van der Waals surface area contributed by atoms with Gasteiger partial charge in [0.25, 0.3) is 0 Å². The molecular weight excluding hydrogens is 348 g/mol. The standard InChI is InChI=1S/C18H24N6OS/c1-4-24(9-14-22-15(25-23-14)7-11(2)3)17-16-12-5-6-19-8-13(12)26-18(16)21-10-20-17/h10-11,19H,4-9H2,1-3H3. The lowest BCUT2D eigenvalue weighted by molar-refractivity contribution is 0.358. The summed E-state index contributed by atoms with van der Waals surface area (Å²) in [4.78, 5) is 18.3. The number of thiophene rings is 1. The smallest absolute Gasteiger partial charge is 0.226 e. The first kappa shape index (κ1) is 17.4. The predicted octanol–water partition coefficient (Wildman–Crippen LogP) is 2.95. The van der Waals surface area contributed by atoms with Gasteiger partial charge in [-0.05, 0) is 31.4 Å². The molecule has 8 heteroatoms. The molecule has 0 atom stereocenters. The molecule has 3 aromatic heterocycles. The molecule has 138 valence electrons. The van der Waals surface area contributed by atoms with E-state index in [0.29, 0.717) is 24.2 Å². The number of nitrogens with one attached hydrogen (secondary N) is 1. The van der Waals surface area contributed by atoms with Crippen molar-refractivity contribution in [2.75, 3.05) is 18.0 Å². The summed E-state index contributed by atoms with van der Waals surface area (Å²) in [5.74, 6) is 2.89. The van der Waals surface area contributed by atoms with Gasteiger partial charge in [0.05, 0.1) is 11.9 Å². The second kappa shape index (κ2) is 7.28. The van der Waals surface area contributed by atoms with Gasteiger partial charge < -0.3 is 14.7 Å². The molecule has 0 saturated heterocycles. The van der Waals surface area contributed by atoms with Crippen LogP contribution < -0.4 is 10.2 Å². The maximum absolute atomic E-state index is 5.39. The Kier molecular flexibility index (Phi) is 4.86. The van der Waals surface area contributed by atoms with Crippen LogP contribution in [0, 0.1) is 5.92 Å². The number of hydrogen-bond donors (Lipinski definition) is 1. The summed E-state index contributed by atoms with van der Waals surface area (Å²) in [5, 5.41) is 8.79. The Morgan fingerprint density at radius 3 is 3.04 bits per heavy atom. The Morgan fingerprint density at radius 1 is 1.35 bits per heavy atom. The largest absolute Gasteiger partial charge is 0.349 e. The highest BCUT2D eigenvalue weighted by Crippen LogP contribution is 2.37. The van der Waals surface area contributed by atoms with E-state index >= 15 is 0 Å². The van der Waals surface area contributed by atoms with Crippen molar-refractivity contribution in [1.29, 1.82) is 0 Å². The van der Waals surface area contributed by atoms with Crippen molar-refractivity contribution >= 4 is 27.4 Å². The first-order chi connectivity index (χ1) is 12.7. The maximum Gasteiger partial charge on any atom is 0.226 e. The van der Waals surface area contributed by atoms with Gasteiger partial charge in [0.15, 0.2) is 5.82 Å². The first-order valence-electron chi connectivity index (χ1n) is 9.18. The molecule has 4 heterocycles. The molecule has 26 heavy (non-hydrogen) atoms. The number of aromatic nitrogens is 4. The zero-order valence-corrected chi connectivity index (χ0v) is 16.3. The van der Waals surface area contributed by atoms with Crippen LogP contribution in [0.15, 0.2) is 10.9 Å². The Hall–Kier alpha value is -2.06. The quantitative estimate of drug-likeness (QED) is 0.712. The third-order valence-electron chi connectivity index (χ3n) is 4.59. The van der Waals surface area contributed by atoms with Crippen LogP contribution in [0.1, 0.15) is 42.9 Å². The SMILES string of the molecule is CCN(Cc1noc(CC(C)C)n1)c1ncnc2sc3c(c12)CCNC3. The molecular formula is C18H24N6OS. The van der Waals surface area contributed by atoms with Crippen molar-refractivity contribution in [3.8, 4) is 0 Å². The second-order valence-electron chi connectivity index (χ2n) is 7.02. The zero-order chi connectivity index (χ0) is 18.1. The van der Waals surface area contributed by atoms with Crippen molar-refractivity contribution in [1.82, 2.24) is 25.4 Å². The van der Waals surface area contributed by atoms with E-state index in [0.717, 1.165) is 43.1 Å². The Morgan fingerprint density at radius 2 is 2.23 bits per heavy atom. The monoisotopic (exact) mass is 372 g/mol. The van der Waals surface area contributed by atoms with E-state index in [1.165, 1.54) is 15.8 Å². The molecule has 0 bridgehead atoms. The van der Waals surface area contributed by atoms with Gasteiger partial charge in [0, 0.05) is 24.4 Å². The summed E-state index contributed by atoms with van der Waals surface area (Å²) >= 11 is 1.77. The highest BCUT2D eigenvalue weighted by molar-refractivity contribution is 7.19. The highest BCUT2D eigenvalue weighted by Gasteiger charge is 2.23. The minimum absolute atomic E-state index is 0.498. The van der Waals surface area contributed by atoms with E-state index < -0.39 is 0 Å². The molecule has 0 amide bonds. The zero-order valence-electron chi connectivity index (χ0n) is 15.4. The molecule has 0 saturated carbocycles. The predicted molar refractivity (Wildman–Crippen MR) is 102 cm³/mol. The number of hydrogen-bond acceptors (Lipinski definition) is 8. The fraction of sp³-hybridized carbons (Fsp3) is 0.556. The Labute approximate surface area is 156 Å². The van der Waals surface area contributed by atoms with E-state index in [-0.39, 0.29) is 0 Å². The molecule has 0 aliphatic carbocycles. The van der Waals surface area contributed by atoms with Crippen LogP contribution in [0.4, 0.5) is 5.82 Å². The second-order valence-corrected chi connectivity index (χ2v) is 8.11. The molecule has 1 N–H and O–H groups in total. The summed E-state index contributed by atoms with van der Waals surface area (Å²) in [6.45, 7) is 9.76. The molecule has 0 unspecified atom stereocenters. The van der Waals surface area contributed by atoms with Crippen molar-refractivity contribution in [3.63, 3.8) is 0 Å². The fourth-order valence-electron chi connectivity index (χ4n) is 3.38. The van der Waals surface area contributed by atoms with Crippen LogP contribution in [0.3, 0.4) is 0 Å². The molecule has 3 aromatic rings. The van der Waals surface area contributed by atoms with Gasteiger partial charge in [-0.2, -0.15) is 4.98 Å². The van der Waals surface area contributed by atoms with Gasteiger partial charge in [-0.25, -0.2) is 9.97 Å². The highest BCUT2D eigenvalue weighted by atomic mass is 32.1. The first-order valence-corrected chi connectivity index (χ1v) is 9.99. The van der Waals surface area contributed by atoms with Crippen LogP contribution in [0.5, 0.6) is 0 Å². The minimum Gasteiger partial charge on any atom is -0.349 e. The Bertz CT molecular complexity index is 902. The van der Waals surface area contributed by atoms with Gasteiger partial charge in [-0.3, -0.25) is 0 Å². The molecule has 1 aliphatic rings. The third kappa shape index (κ3) is 3.31. The van der Waals surface area contributed by atoms with Gasteiger partial charge >= 0.3 is 0 Å². The molecule has 4 rings (SSSR count). The normalized spacial score (nSPS) is 14.2. The number of fused-ring (bicyclic) bond motifs is 3. The van der Waals surface area contributed by atoms with Crippen LogP contribution in [0.25, 0.3) is 10.2 Å². The summed E-state index contributed by atoms with van der Waals surface area (Å²) in [6, 6.07) is 0. The lowest BCUT2D eigenvalue weighted by atomic mass is 10.1. The van der Waals surface area contributed by atoms with Crippen LogP contribution in [0.2, 0.25) is 0 Å². The van der Waals surface area contributed by atoms with Gasteiger partial charge in [0.1, 0.15) is 17.0 Å². The average molecular weight is 372 g/mol. The number of anilines is 1. The number of nitrogens with zero attached hydrogens (tertiary/aromatic N) is 5. The topological polar surface area (TPSA) is 80.0 Å². The molecule has 0 radical (unpaired) electrons. The van der Waals surface area contributed by atoms with Crippen molar-refractivity contribution in [2.45, 2.75) is 46.7 Å². The lowest BCUT2D eigenvalue weighted by Gasteiger charge is -2.22. The summed E-state index contributed by atoms with van der Waals surface area (Å²) in [7, 11) is 0. The van der Waals surface area contributed by atoms with E-state index in [1.807, 2.05) is 0 Å². The summed E-state index contributed by atoms with van der Waals surface area (Å²) < 4.78 is 5.39. The van der Waals surface area contributed by atoms with Crippen molar-refractivity contribution < 1.29 is 4.52 Å². The van der Waals surface area contributed by atoms with Gasteiger partial charge in [-0.15, -0.1) is 11.3 Å². The average Bonchev–Trinajstić information content (AvgIpc) is 3.22. The molecule has 1 aliphatic heterocycles. The number of rotatable bonds is 6. The third-order valence-corrected chi connectivity index (χ3v) is 5.73. The van der Waals surface area contributed by atoms with E-state index in [9.17, 15) is 0 Å². The lowest BCUT2D eigenvalue weighted by Crippen LogP contribution is -2.25. The Balaban J connectivity index is 1.66. The van der Waals surface area contributed by atoms with Crippen LogP contribution in [-0.4, -0.2) is 33.2 Å². The van der Waals surface area contributed by atoms with E-state index in [1.54, 1.807) is 17.7 Å². The summed E-state index contributed by atoms with van der Waals surface area (Å²) in [5.41, 5.74) is 1.39. The van der Waals surface area contributed by atoms with E-state index in [4.69, 9.17) is 4.52 Å². The molecule has 7 nitrogen and oxygen atoms in total. The van der Waals surface area contributed by atoms with Gasteiger partial charge in [-0.1, -0.05) is 19.0 Å². The minimum atomic E-state index is 0.498. The van der Waals surface area contributed by atoms with Gasteiger partial charge in [0.2, 0.25) is 5.89 Å². The van der Waals surface area contributed by atoms with E-state index in [2.05, 4.69) is 51.1 Å². The molecule has 0 spiro atoms. The van der Waals surface area contributed by atoms with Crippen molar-refractivity contribution in [3.05, 3.63) is 28.5 Å². The maximum atomic E-state index is 5.39. The fourth-order valence-corrected chi connectivity index (χ4v) is 4.53. The van der Waals surface area contributed by atoms with Crippen molar-refractivity contribution in [2.24, 2.45) is 5.92 Å². The van der Waals surface area contributed by atoms with Crippen LogP contribution >= 0.6 is 11.3 Å². The van der Waals surface area contributed by atoms with Crippen LogP contribution in [-0.2, 0) is 25.9 Å². The summed E-state index contributed by atoms with van der Waals surface area (Å²) in [6.07, 6.45) is 3.49.